The fourth-order valence-electron chi connectivity index (χ4n) is 2.72. The Morgan fingerprint density at radius 1 is 0.722 bits per heavy atom. The molecule has 0 spiro atoms. The third kappa shape index (κ3) is 1.41. The topological polar surface area (TPSA) is 0 Å². The first-order chi connectivity index (χ1) is 8.93. The summed E-state index contributed by atoms with van der Waals surface area (Å²) in [6.07, 6.45) is 0. The van der Waals surface area contributed by atoms with Gasteiger partial charge in [-0.1, -0.05) is 60.7 Å². The summed E-state index contributed by atoms with van der Waals surface area (Å²) in [5.74, 6) is 0. The molecule has 1 unspecified atom stereocenters. The molecule has 1 atom stereocenters. The summed E-state index contributed by atoms with van der Waals surface area (Å²) in [5, 5.41) is 3.25. The molecule has 3 aromatic carbocycles. The average molecular weight is 248 g/mol. The van der Waals surface area contributed by atoms with Gasteiger partial charge in [-0.3, -0.25) is 0 Å². The largest absolute Gasteiger partial charge is 0.112 e. The van der Waals surface area contributed by atoms with Crippen LogP contribution in [0.1, 0.15) is 16.4 Å². The van der Waals surface area contributed by atoms with Crippen molar-refractivity contribution >= 4 is 22.5 Å². The van der Waals surface area contributed by atoms with Crippen LogP contribution in [0.4, 0.5) is 0 Å². The Morgan fingerprint density at radius 3 is 2.33 bits per heavy atom. The second-order valence-electron chi connectivity index (χ2n) is 4.61. The van der Waals surface area contributed by atoms with Crippen molar-refractivity contribution < 1.29 is 0 Å². The molecule has 4 rings (SSSR count). The average Bonchev–Trinajstić information content (AvgIpc) is 2.82. The van der Waals surface area contributed by atoms with Gasteiger partial charge >= 0.3 is 0 Å². The quantitative estimate of drug-likeness (QED) is 0.581. The van der Waals surface area contributed by atoms with Crippen LogP contribution >= 0.6 is 11.8 Å². The third-order valence-corrected chi connectivity index (χ3v) is 4.88. The van der Waals surface area contributed by atoms with Crippen molar-refractivity contribution in [2.45, 2.75) is 10.1 Å². The van der Waals surface area contributed by atoms with E-state index in [0.29, 0.717) is 5.25 Å². The van der Waals surface area contributed by atoms with Crippen LogP contribution in [0, 0.1) is 0 Å². The normalized spacial score (nSPS) is 17.2. The molecule has 1 aliphatic rings. The number of hydrogen-bond donors (Lipinski definition) is 0. The molecule has 0 radical (unpaired) electrons. The van der Waals surface area contributed by atoms with Gasteiger partial charge in [0.2, 0.25) is 0 Å². The Morgan fingerprint density at radius 2 is 1.50 bits per heavy atom. The predicted octanol–water partition coefficient (Wildman–Crippen LogP) is 5.03. The fraction of sp³-hybridized carbons (Fsp3) is 0.0588. The van der Waals surface area contributed by atoms with Crippen molar-refractivity contribution in [2.24, 2.45) is 0 Å². The first-order valence-corrected chi connectivity index (χ1v) is 7.05. The Kier molecular flexibility index (Phi) is 2.21. The summed E-state index contributed by atoms with van der Waals surface area (Å²) >= 11 is 1.97. The lowest BCUT2D eigenvalue weighted by molar-refractivity contribution is 1.19. The van der Waals surface area contributed by atoms with Gasteiger partial charge in [-0.05, 0) is 28.0 Å². The first kappa shape index (κ1) is 10.2. The predicted molar refractivity (Wildman–Crippen MR) is 78.1 cm³/mol. The lowest BCUT2D eigenvalue weighted by Crippen LogP contribution is -1.91. The first-order valence-electron chi connectivity index (χ1n) is 6.17. The molecular formula is C17H12S. The summed E-state index contributed by atoms with van der Waals surface area (Å²) in [6.45, 7) is 0. The van der Waals surface area contributed by atoms with E-state index in [2.05, 4.69) is 66.7 Å². The summed E-state index contributed by atoms with van der Waals surface area (Å²) in [6, 6.07) is 24.0. The molecule has 1 heterocycles. The number of thioether (sulfide) groups is 1. The molecule has 86 valence electrons. The van der Waals surface area contributed by atoms with E-state index in [9.17, 15) is 0 Å². The van der Waals surface area contributed by atoms with Gasteiger partial charge in [-0.2, -0.15) is 0 Å². The van der Waals surface area contributed by atoms with Crippen LogP contribution in [0.2, 0.25) is 0 Å². The molecule has 0 aromatic heterocycles. The monoisotopic (exact) mass is 248 g/mol. The molecule has 0 aliphatic carbocycles. The summed E-state index contributed by atoms with van der Waals surface area (Å²) in [5.41, 5.74) is 2.85. The minimum absolute atomic E-state index is 0.451. The van der Waals surface area contributed by atoms with Gasteiger partial charge in [0.05, 0.1) is 5.25 Å². The van der Waals surface area contributed by atoms with Gasteiger partial charge in [-0.25, -0.2) is 0 Å². The summed E-state index contributed by atoms with van der Waals surface area (Å²) < 4.78 is 0. The zero-order chi connectivity index (χ0) is 11.9. The van der Waals surface area contributed by atoms with E-state index in [4.69, 9.17) is 0 Å². The molecule has 1 aliphatic heterocycles. The van der Waals surface area contributed by atoms with E-state index >= 15 is 0 Å². The molecule has 0 nitrogen and oxygen atoms in total. The van der Waals surface area contributed by atoms with Crippen molar-refractivity contribution in [1.29, 1.82) is 0 Å². The van der Waals surface area contributed by atoms with Crippen LogP contribution in [0.25, 0.3) is 10.8 Å². The zero-order valence-corrected chi connectivity index (χ0v) is 10.7. The SMILES string of the molecule is c1ccc(C2Sc3cccc4cccc2c34)cc1. The van der Waals surface area contributed by atoms with Crippen LogP contribution in [0.5, 0.6) is 0 Å². The molecule has 0 bridgehead atoms. The van der Waals surface area contributed by atoms with E-state index in [1.165, 1.54) is 26.8 Å². The highest BCUT2D eigenvalue weighted by Gasteiger charge is 2.25. The molecule has 3 aromatic rings. The second kappa shape index (κ2) is 3.89. The van der Waals surface area contributed by atoms with Crippen molar-refractivity contribution in [3.8, 4) is 0 Å². The van der Waals surface area contributed by atoms with Crippen molar-refractivity contribution in [1.82, 2.24) is 0 Å². The summed E-state index contributed by atoms with van der Waals surface area (Å²) in [4.78, 5) is 1.41. The minimum Gasteiger partial charge on any atom is -0.112 e. The number of rotatable bonds is 1. The molecule has 0 N–H and O–H groups in total. The van der Waals surface area contributed by atoms with E-state index in [-0.39, 0.29) is 0 Å². The van der Waals surface area contributed by atoms with Crippen LogP contribution in [-0.2, 0) is 0 Å². The number of hydrogen-bond acceptors (Lipinski definition) is 1. The minimum atomic E-state index is 0.451. The van der Waals surface area contributed by atoms with Crippen LogP contribution in [-0.4, -0.2) is 0 Å². The zero-order valence-electron chi connectivity index (χ0n) is 9.84. The molecule has 1 heteroatoms. The van der Waals surface area contributed by atoms with Gasteiger partial charge in [-0.15, -0.1) is 11.8 Å². The molecule has 0 saturated heterocycles. The van der Waals surface area contributed by atoms with Crippen molar-refractivity contribution in [3.63, 3.8) is 0 Å². The maximum atomic E-state index is 2.27. The van der Waals surface area contributed by atoms with E-state index < -0.39 is 0 Å². The van der Waals surface area contributed by atoms with Gasteiger partial charge in [0.15, 0.2) is 0 Å². The van der Waals surface area contributed by atoms with Crippen LogP contribution in [0.15, 0.2) is 71.6 Å². The molecule has 0 fully saturated rings. The smallest absolute Gasteiger partial charge is 0.0600 e. The Labute approximate surface area is 111 Å². The maximum absolute atomic E-state index is 2.27. The maximum Gasteiger partial charge on any atom is 0.0600 e. The van der Waals surface area contributed by atoms with Gasteiger partial charge in [0.25, 0.3) is 0 Å². The Bertz CT molecular complexity index is 711. The lowest BCUT2D eigenvalue weighted by atomic mass is 9.98. The fourth-order valence-corrected chi connectivity index (χ4v) is 4.10. The third-order valence-electron chi connectivity index (χ3n) is 3.53. The lowest BCUT2D eigenvalue weighted by Gasteiger charge is -2.10. The standard InChI is InChI=1S/C17H12S/c1-2-6-13(7-3-1)17-14-10-4-8-12-9-5-11-15(18-17)16(12)14/h1-11,17H. The van der Waals surface area contributed by atoms with E-state index in [1.807, 2.05) is 11.8 Å². The van der Waals surface area contributed by atoms with Crippen LogP contribution in [0.3, 0.4) is 0 Å². The number of benzene rings is 3. The van der Waals surface area contributed by atoms with Gasteiger partial charge < -0.3 is 0 Å². The highest BCUT2D eigenvalue weighted by Crippen LogP contribution is 2.51. The highest BCUT2D eigenvalue weighted by molar-refractivity contribution is 8.00. The molecular weight excluding hydrogens is 236 g/mol. The highest BCUT2D eigenvalue weighted by atomic mass is 32.2. The molecule has 0 saturated carbocycles. The van der Waals surface area contributed by atoms with Crippen LogP contribution < -0.4 is 0 Å². The van der Waals surface area contributed by atoms with E-state index in [1.54, 1.807) is 0 Å². The van der Waals surface area contributed by atoms with Crippen molar-refractivity contribution in [2.75, 3.05) is 0 Å². The molecule has 18 heavy (non-hydrogen) atoms. The van der Waals surface area contributed by atoms with E-state index in [0.717, 1.165) is 0 Å². The van der Waals surface area contributed by atoms with Crippen molar-refractivity contribution in [3.05, 3.63) is 77.9 Å². The second-order valence-corrected chi connectivity index (χ2v) is 5.76. The Balaban J connectivity index is 1.97. The van der Waals surface area contributed by atoms with Gasteiger partial charge in [0, 0.05) is 4.90 Å². The van der Waals surface area contributed by atoms with Gasteiger partial charge in [0.1, 0.15) is 0 Å². The summed E-state index contributed by atoms with van der Waals surface area (Å²) in [7, 11) is 0. The Hall–Kier alpha value is -1.73. The molecule has 0 amide bonds.